The van der Waals surface area contributed by atoms with E-state index in [9.17, 15) is 0 Å². The molecule has 0 saturated carbocycles. The average Bonchev–Trinajstić information content (AvgIpc) is 1.89. The molecule has 0 radical (unpaired) electrons. The lowest BCUT2D eigenvalue weighted by Crippen LogP contribution is -1.69. The zero-order chi connectivity index (χ0) is 6.95. The lowest BCUT2D eigenvalue weighted by Gasteiger charge is -1.82. The normalized spacial score (nSPS) is 8.56. The minimum absolute atomic E-state index is 1.08. The molecule has 0 unspecified atom stereocenters. The summed E-state index contributed by atoms with van der Waals surface area (Å²) in [6.45, 7) is 2.17. The van der Waals surface area contributed by atoms with Crippen LogP contribution in [0.15, 0.2) is 0 Å². The lowest BCUT2D eigenvalue weighted by molar-refractivity contribution is 0.959. The summed E-state index contributed by atoms with van der Waals surface area (Å²) in [5.74, 6) is 6.29. The van der Waals surface area contributed by atoms with Crippen molar-refractivity contribution in [1.82, 2.24) is 0 Å². The average molecular weight is 140 g/mol. The fraction of sp³-hybridized carbons (Fsp3) is 0.750. The van der Waals surface area contributed by atoms with Crippen LogP contribution in [0.4, 0.5) is 0 Å². The zero-order valence-electron chi connectivity index (χ0n) is 6.54. The number of hydrogen-bond acceptors (Lipinski definition) is 0. The van der Waals surface area contributed by atoms with Gasteiger partial charge in [-0.25, -0.2) is 0 Å². The molecular formula is C8H16Si. The summed E-state index contributed by atoms with van der Waals surface area (Å²) in [5.41, 5.74) is 0. The van der Waals surface area contributed by atoms with Gasteiger partial charge in [0.1, 0.15) is 0 Å². The summed E-state index contributed by atoms with van der Waals surface area (Å²) >= 11 is 0. The molecule has 0 atom stereocenters. The lowest BCUT2D eigenvalue weighted by atomic mass is 10.3. The van der Waals surface area contributed by atoms with E-state index in [4.69, 9.17) is 0 Å². The Morgan fingerprint density at radius 1 is 1.22 bits per heavy atom. The maximum Gasteiger partial charge on any atom is 0.00860 e. The molecule has 0 N–H and O–H groups in total. The number of hydrogen-bond donors (Lipinski definition) is 0. The SMILES string of the molecule is CCCC#CCCC[SiH3]. The third kappa shape index (κ3) is 7.78. The summed E-state index contributed by atoms with van der Waals surface area (Å²) in [7, 11) is 1.34. The van der Waals surface area contributed by atoms with Gasteiger partial charge < -0.3 is 0 Å². The Balaban J connectivity index is 2.96. The van der Waals surface area contributed by atoms with Crippen molar-refractivity contribution in [1.29, 1.82) is 0 Å². The van der Waals surface area contributed by atoms with Crippen molar-refractivity contribution in [2.45, 2.75) is 38.7 Å². The van der Waals surface area contributed by atoms with Gasteiger partial charge in [-0.3, -0.25) is 0 Å². The Kier molecular flexibility index (Phi) is 7.58. The molecule has 0 heterocycles. The molecule has 0 bridgehead atoms. The molecule has 0 saturated heterocycles. The molecule has 0 aliphatic rings. The van der Waals surface area contributed by atoms with Gasteiger partial charge in [-0.15, -0.1) is 11.8 Å². The van der Waals surface area contributed by atoms with Crippen molar-refractivity contribution < 1.29 is 0 Å². The molecule has 0 aliphatic heterocycles. The number of rotatable bonds is 3. The van der Waals surface area contributed by atoms with Crippen LogP contribution in [0.1, 0.15) is 32.6 Å². The van der Waals surface area contributed by atoms with Crippen molar-refractivity contribution in [2.24, 2.45) is 0 Å². The van der Waals surface area contributed by atoms with Crippen molar-refractivity contribution in [3.05, 3.63) is 0 Å². The summed E-state index contributed by atoms with van der Waals surface area (Å²) in [6, 6.07) is 1.40. The van der Waals surface area contributed by atoms with Crippen LogP contribution < -0.4 is 0 Å². The van der Waals surface area contributed by atoms with Crippen LogP contribution >= 0.6 is 0 Å². The summed E-state index contributed by atoms with van der Waals surface area (Å²) in [4.78, 5) is 0. The highest BCUT2D eigenvalue weighted by atomic mass is 28.1. The van der Waals surface area contributed by atoms with Gasteiger partial charge in [-0.05, 0) is 12.8 Å². The Bertz CT molecular complexity index is 96.9. The van der Waals surface area contributed by atoms with Gasteiger partial charge in [0.25, 0.3) is 0 Å². The van der Waals surface area contributed by atoms with Crippen LogP contribution in [0.5, 0.6) is 0 Å². The van der Waals surface area contributed by atoms with Crippen LogP contribution in [0.2, 0.25) is 6.04 Å². The standard InChI is InChI=1S/C8H16Si/c1-2-3-4-5-6-7-8-9/h2-3,6-8H2,1,9H3. The van der Waals surface area contributed by atoms with Crippen LogP contribution in [-0.4, -0.2) is 10.2 Å². The molecule has 1 heteroatoms. The highest BCUT2D eigenvalue weighted by molar-refractivity contribution is 6.08. The second-order valence-electron chi connectivity index (χ2n) is 2.21. The van der Waals surface area contributed by atoms with Gasteiger partial charge >= 0.3 is 0 Å². The van der Waals surface area contributed by atoms with E-state index >= 15 is 0 Å². The fourth-order valence-electron chi connectivity index (χ4n) is 0.567. The predicted octanol–water partition coefficient (Wildman–Crippen LogP) is 1.35. The second-order valence-corrected chi connectivity index (χ2v) is 3.21. The smallest absolute Gasteiger partial charge is 0.00860 e. The van der Waals surface area contributed by atoms with E-state index < -0.39 is 0 Å². The van der Waals surface area contributed by atoms with Crippen molar-refractivity contribution in [3.63, 3.8) is 0 Å². The molecule has 0 amide bonds. The second kappa shape index (κ2) is 7.78. The van der Waals surface area contributed by atoms with Crippen LogP contribution in [0.25, 0.3) is 0 Å². The van der Waals surface area contributed by atoms with Gasteiger partial charge in [0, 0.05) is 23.1 Å². The van der Waals surface area contributed by atoms with Crippen LogP contribution in [0, 0.1) is 11.8 Å². The molecular weight excluding hydrogens is 124 g/mol. The first-order chi connectivity index (χ1) is 4.41. The molecule has 0 nitrogen and oxygen atoms in total. The molecule has 0 aromatic carbocycles. The molecule has 9 heavy (non-hydrogen) atoms. The van der Waals surface area contributed by atoms with E-state index in [0.717, 1.165) is 12.8 Å². The van der Waals surface area contributed by atoms with E-state index in [2.05, 4.69) is 18.8 Å². The highest BCUT2D eigenvalue weighted by Gasteiger charge is 1.75. The predicted molar refractivity (Wildman–Crippen MR) is 46.7 cm³/mol. The van der Waals surface area contributed by atoms with E-state index in [1.165, 1.54) is 29.1 Å². The van der Waals surface area contributed by atoms with Crippen molar-refractivity contribution in [2.75, 3.05) is 0 Å². The maximum absolute atomic E-state index is 3.16. The third-order valence-corrected chi connectivity index (χ3v) is 1.86. The largest absolute Gasteiger partial charge is 0.103 e. The van der Waals surface area contributed by atoms with Gasteiger partial charge in [0.2, 0.25) is 0 Å². The van der Waals surface area contributed by atoms with E-state index in [-0.39, 0.29) is 0 Å². The topological polar surface area (TPSA) is 0 Å². The first-order valence-electron chi connectivity index (χ1n) is 3.87. The molecule has 0 rings (SSSR count). The minimum atomic E-state index is 1.08. The number of unbranched alkanes of at least 4 members (excludes halogenated alkanes) is 2. The van der Waals surface area contributed by atoms with Gasteiger partial charge in [-0.1, -0.05) is 13.0 Å². The van der Waals surface area contributed by atoms with Gasteiger partial charge in [0.05, 0.1) is 0 Å². The summed E-state index contributed by atoms with van der Waals surface area (Å²) < 4.78 is 0. The van der Waals surface area contributed by atoms with Gasteiger partial charge in [-0.2, -0.15) is 0 Å². The van der Waals surface area contributed by atoms with Gasteiger partial charge in [0.15, 0.2) is 0 Å². The first-order valence-corrected chi connectivity index (χ1v) is 5.29. The highest BCUT2D eigenvalue weighted by Crippen LogP contribution is 1.90. The van der Waals surface area contributed by atoms with E-state index in [1.54, 1.807) is 0 Å². The monoisotopic (exact) mass is 140 g/mol. The van der Waals surface area contributed by atoms with Crippen LogP contribution in [-0.2, 0) is 0 Å². The Labute approximate surface area is 61.5 Å². The maximum atomic E-state index is 3.16. The summed E-state index contributed by atoms with van der Waals surface area (Å²) in [5, 5.41) is 0. The van der Waals surface area contributed by atoms with Crippen molar-refractivity contribution >= 4 is 10.2 Å². The Hall–Kier alpha value is -0.223. The molecule has 0 fully saturated rings. The molecule has 0 aromatic heterocycles. The molecule has 0 spiro atoms. The van der Waals surface area contributed by atoms with E-state index in [0.29, 0.717) is 0 Å². The molecule has 52 valence electrons. The summed E-state index contributed by atoms with van der Waals surface area (Å²) in [6.07, 6.45) is 4.74. The van der Waals surface area contributed by atoms with Crippen LogP contribution in [0.3, 0.4) is 0 Å². The molecule has 0 aliphatic carbocycles. The first kappa shape index (κ1) is 8.78. The fourth-order valence-corrected chi connectivity index (χ4v) is 0.920. The quantitative estimate of drug-likeness (QED) is 0.315. The third-order valence-electron chi connectivity index (χ3n) is 1.16. The van der Waals surface area contributed by atoms with E-state index in [1.807, 2.05) is 0 Å². The van der Waals surface area contributed by atoms with Crippen molar-refractivity contribution in [3.8, 4) is 11.8 Å². The minimum Gasteiger partial charge on any atom is -0.103 e. The zero-order valence-corrected chi connectivity index (χ0v) is 8.54. The Morgan fingerprint density at radius 2 is 1.89 bits per heavy atom. The Morgan fingerprint density at radius 3 is 2.44 bits per heavy atom. The molecule has 0 aromatic rings.